The topological polar surface area (TPSA) is 81.1 Å². The van der Waals surface area contributed by atoms with Crippen LogP contribution in [0, 0.1) is 5.92 Å². The van der Waals surface area contributed by atoms with Crippen molar-refractivity contribution in [2.75, 3.05) is 26.2 Å². The van der Waals surface area contributed by atoms with Gasteiger partial charge in [-0.3, -0.25) is 9.80 Å². The van der Waals surface area contributed by atoms with Gasteiger partial charge in [-0.1, -0.05) is 6.07 Å². The number of carboxylic acids is 2. The zero-order valence-electron chi connectivity index (χ0n) is 18.4. The van der Waals surface area contributed by atoms with Gasteiger partial charge >= 0.3 is 24.3 Å². The number of nitrogens with zero attached hydrogens (tertiary/aromatic N) is 2. The van der Waals surface area contributed by atoms with E-state index in [2.05, 4.69) is 27.3 Å². The second-order valence-electron chi connectivity index (χ2n) is 8.68. The number of piperidine rings is 1. The van der Waals surface area contributed by atoms with Crippen molar-refractivity contribution in [1.82, 2.24) is 9.80 Å². The maximum absolute atomic E-state index is 10.6. The molecule has 0 aromatic carbocycles. The molecule has 1 aromatic rings. The molecule has 1 aromatic heterocycles. The maximum atomic E-state index is 10.6. The first-order valence-electron chi connectivity index (χ1n) is 10.8. The van der Waals surface area contributed by atoms with E-state index in [0.29, 0.717) is 5.54 Å². The molecule has 3 fully saturated rings. The van der Waals surface area contributed by atoms with Crippen molar-refractivity contribution >= 4 is 23.3 Å². The molecule has 0 bridgehead atoms. The van der Waals surface area contributed by atoms with Gasteiger partial charge in [0.2, 0.25) is 0 Å². The number of rotatable bonds is 4. The van der Waals surface area contributed by atoms with E-state index in [0.717, 1.165) is 5.92 Å². The fourth-order valence-electron chi connectivity index (χ4n) is 4.21. The van der Waals surface area contributed by atoms with Crippen molar-refractivity contribution in [3.05, 3.63) is 22.4 Å². The second kappa shape index (κ2) is 11.7. The molecule has 3 heterocycles. The quantitative estimate of drug-likeness (QED) is 0.555. The summed E-state index contributed by atoms with van der Waals surface area (Å²) >= 11 is 1.91. The molecule has 1 spiro atoms. The Morgan fingerprint density at radius 3 is 1.91 bits per heavy atom. The van der Waals surface area contributed by atoms with E-state index in [1.807, 2.05) is 11.3 Å². The molecule has 1 saturated carbocycles. The Morgan fingerprint density at radius 2 is 1.50 bits per heavy atom. The molecule has 1 aliphatic carbocycles. The van der Waals surface area contributed by atoms with E-state index in [1.165, 1.54) is 76.1 Å². The van der Waals surface area contributed by atoms with Crippen LogP contribution in [0.15, 0.2) is 17.5 Å². The number of aliphatic carboxylic acids is 2. The third-order valence-electron chi connectivity index (χ3n) is 6.15. The number of carboxylic acid groups (broad SMARTS) is 2. The van der Waals surface area contributed by atoms with Crippen molar-refractivity contribution < 1.29 is 46.1 Å². The van der Waals surface area contributed by atoms with Gasteiger partial charge in [0.1, 0.15) is 0 Å². The molecule has 0 radical (unpaired) electrons. The van der Waals surface area contributed by atoms with Crippen molar-refractivity contribution in [1.29, 1.82) is 0 Å². The Bertz CT molecular complexity index is 764. The summed E-state index contributed by atoms with van der Waals surface area (Å²) in [5, 5.41) is 16.5. The van der Waals surface area contributed by atoms with Crippen LogP contribution >= 0.6 is 11.3 Å². The van der Waals surface area contributed by atoms with E-state index in [4.69, 9.17) is 19.8 Å². The summed E-state index contributed by atoms with van der Waals surface area (Å²) in [5.74, 6) is -4.46. The summed E-state index contributed by atoms with van der Waals surface area (Å²) in [6.45, 7) is 6.57. The Balaban J connectivity index is 0.000000244. The summed E-state index contributed by atoms with van der Waals surface area (Å²) in [6, 6.07) is 4.46. The minimum absolute atomic E-state index is 0.592. The lowest BCUT2D eigenvalue weighted by molar-refractivity contribution is -0.193. The predicted molar refractivity (Wildman–Crippen MR) is 112 cm³/mol. The molecule has 2 N–H and O–H groups in total. The van der Waals surface area contributed by atoms with E-state index in [-0.39, 0.29) is 0 Å². The Morgan fingerprint density at radius 1 is 0.971 bits per heavy atom. The highest BCUT2D eigenvalue weighted by molar-refractivity contribution is 7.09. The molecule has 0 unspecified atom stereocenters. The van der Waals surface area contributed by atoms with Crippen LogP contribution in [0.3, 0.4) is 0 Å². The molecule has 2 saturated heterocycles. The molecule has 2 aliphatic heterocycles. The number of hydrogen-bond donors (Lipinski definition) is 2. The zero-order valence-corrected chi connectivity index (χ0v) is 19.2. The van der Waals surface area contributed by atoms with Gasteiger partial charge in [0.25, 0.3) is 0 Å². The third-order valence-corrected chi connectivity index (χ3v) is 7.01. The minimum atomic E-state index is -5.08. The van der Waals surface area contributed by atoms with Crippen molar-refractivity contribution in [2.45, 2.75) is 63.0 Å². The van der Waals surface area contributed by atoms with Gasteiger partial charge in [0.05, 0.1) is 0 Å². The van der Waals surface area contributed by atoms with Gasteiger partial charge < -0.3 is 10.2 Å². The monoisotopic (exact) mass is 518 g/mol. The Labute approximate surface area is 197 Å². The fourth-order valence-corrected chi connectivity index (χ4v) is 4.95. The average Bonchev–Trinajstić information content (AvgIpc) is 3.25. The lowest BCUT2D eigenvalue weighted by Crippen LogP contribution is -2.52. The van der Waals surface area contributed by atoms with Crippen molar-refractivity contribution in [2.24, 2.45) is 5.92 Å². The minimum Gasteiger partial charge on any atom is -0.475 e. The Kier molecular flexibility index (Phi) is 9.78. The molecule has 0 amide bonds. The molecule has 34 heavy (non-hydrogen) atoms. The first-order valence-corrected chi connectivity index (χ1v) is 11.7. The van der Waals surface area contributed by atoms with E-state index in [1.54, 1.807) is 0 Å². The summed E-state index contributed by atoms with van der Waals surface area (Å²) < 4.78 is 63.5. The first-order chi connectivity index (χ1) is 15.7. The lowest BCUT2D eigenvalue weighted by Gasteiger charge is -2.45. The summed E-state index contributed by atoms with van der Waals surface area (Å²) in [4.78, 5) is 24.9. The van der Waals surface area contributed by atoms with Crippen LogP contribution in [0.2, 0.25) is 0 Å². The van der Waals surface area contributed by atoms with Crippen LogP contribution < -0.4 is 0 Å². The largest absolute Gasteiger partial charge is 0.490 e. The van der Waals surface area contributed by atoms with Gasteiger partial charge in [-0.15, -0.1) is 11.3 Å². The maximum Gasteiger partial charge on any atom is 0.490 e. The van der Waals surface area contributed by atoms with Crippen LogP contribution in [0.5, 0.6) is 0 Å². The lowest BCUT2D eigenvalue weighted by atomic mass is 9.84. The molecule has 3 aliphatic rings. The van der Waals surface area contributed by atoms with Crippen LogP contribution in [-0.4, -0.2) is 76.0 Å². The molecular weight excluding hydrogens is 490 g/mol. The summed E-state index contributed by atoms with van der Waals surface area (Å²) in [6.07, 6.45) is -1.45. The summed E-state index contributed by atoms with van der Waals surface area (Å²) in [5.41, 5.74) is 0.592. The van der Waals surface area contributed by atoms with Gasteiger partial charge in [-0.2, -0.15) is 26.3 Å². The van der Waals surface area contributed by atoms with E-state index in [9.17, 15) is 26.3 Å². The predicted octanol–water partition coefficient (Wildman–Crippen LogP) is 4.86. The number of alkyl halides is 6. The number of halogens is 6. The van der Waals surface area contributed by atoms with Gasteiger partial charge in [0, 0.05) is 36.6 Å². The van der Waals surface area contributed by atoms with Crippen molar-refractivity contribution in [3.63, 3.8) is 0 Å². The van der Waals surface area contributed by atoms with Gasteiger partial charge in [-0.05, 0) is 62.4 Å². The van der Waals surface area contributed by atoms with Crippen LogP contribution in [0.4, 0.5) is 26.3 Å². The van der Waals surface area contributed by atoms with Gasteiger partial charge in [0.15, 0.2) is 0 Å². The molecule has 13 heteroatoms. The SMILES string of the molecule is O=C(O)C(F)(F)F.O=C(O)C(F)(F)F.c1csc(CN2CCC3(CCCN3CC3CC3)CC2)c1. The normalized spacial score (nSPS) is 20.8. The number of likely N-dealkylation sites (tertiary alicyclic amines) is 2. The molecule has 4 rings (SSSR count). The van der Waals surface area contributed by atoms with E-state index >= 15 is 0 Å². The molecule has 194 valence electrons. The third kappa shape index (κ3) is 9.06. The Hall–Kier alpha value is -1.86. The number of carbonyl (C=O) groups is 2. The van der Waals surface area contributed by atoms with Crippen LogP contribution in [0.25, 0.3) is 0 Å². The molecule has 6 nitrogen and oxygen atoms in total. The highest BCUT2D eigenvalue weighted by Crippen LogP contribution is 2.42. The second-order valence-corrected chi connectivity index (χ2v) is 9.71. The van der Waals surface area contributed by atoms with Crippen LogP contribution in [-0.2, 0) is 16.1 Å². The standard InChI is InChI=1S/C17H26N2S.2C2HF3O2/c1-3-16(20-12-1)14-18-10-7-17(8-11-18)6-2-9-19(17)13-15-4-5-15;2*3-2(4,5)1(6)7/h1,3,12,15H,2,4-11,13-14H2;2*(H,6,7). The highest BCUT2D eigenvalue weighted by atomic mass is 32.1. The van der Waals surface area contributed by atoms with Crippen molar-refractivity contribution in [3.8, 4) is 0 Å². The number of hydrogen-bond acceptors (Lipinski definition) is 5. The molecular formula is C21H28F6N2O4S. The summed E-state index contributed by atoms with van der Waals surface area (Å²) in [7, 11) is 0. The number of thiophene rings is 1. The van der Waals surface area contributed by atoms with Crippen LogP contribution in [0.1, 0.15) is 43.4 Å². The average molecular weight is 519 g/mol. The first kappa shape index (κ1) is 28.4. The molecule has 0 atom stereocenters. The smallest absolute Gasteiger partial charge is 0.475 e. The van der Waals surface area contributed by atoms with Gasteiger partial charge in [-0.25, -0.2) is 9.59 Å². The van der Waals surface area contributed by atoms with E-state index < -0.39 is 24.3 Å². The zero-order chi connectivity index (χ0) is 25.6. The highest BCUT2D eigenvalue weighted by Gasteiger charge is 2.44. The fraction of sp³-hybridized carbons (Fsp3) is 0.714.